The Labute approximate surface area is 183 Å². The van der Waals surface area contributed by atoms with Crippen LogP contribution in [0, 0.1) is 6.92 Å². The Morgan fingerprint density at radius 3 is 2.37 bits per heavy atom. The molecule has 4 rings (SSSR count). The molecule has 0 bridgehead atoms. The van der Waals surface area contributed by atoms with Crippen molar-refractivity contribution < 1.29 is 8.42 Å². The highest BCUT2D eigenvalue weighted by molar-refractivity contribution is 7.88. The number of benzene rings is 1. The van der Waals surface area contributed by atoms with Crippen LogP contribution in [0.25, 0.3) is 0 Å². The van der Waals surface area contributed by atoms with E-state index in [-0.39, 0.29) is 5.75 Å². The van der Waals surface area contributed by atoms with Gasteiger partial charge in [-0.3, -0.25) is 0 Å². The molecule has 30 heavy (non-hydrogen) atoms. The van der Waals surface area contributed by atoms with E-state index in [0.717, 1.165) is 30.5 Å². The number of anilines is 2. The van der Waals surface area contributed by atoms with Crippen molar-refractivity contribution in [2.75, 3.05) is 49.1 Å². The summed E-state index contributed by atoms with van der Waals surface area (Å²) in [4.78, 5) is 13.9. The molecule has 0 amide bonds. The Morgan fingerprint density at radius 1 is 0.933 bits per heavy atom. The van der Waals surface area contributed by atoms with Gasteiger partial charge in [-0.05, 0) is 43.9 Å². The summed E-state index contributed by atoms with van der Waals surface area (Å²) < 4.78 is 27.3. The number of halogens is 1. The zero-order valence-electron chi connectivity index (χ0n) is 17.3. The molecule has 2 aliphatic heterocycles. The van der Waals surface area contributed by atoms with Gasteiger partial charge < -0.3 is 9.80 Å². The fourth-order valence-electron chi connectivity index (χ4n) is 4.06. The highest BCUT2D eigenvalue weighted by Crippen LogP contribution is 2.23. The van der Waals surface area contributed by atoms with E-state index in [4.69, 9.17) is 16.6 Å². The van der Waals surface area contributed by atoms with Gasteiger partial charge in [-0.15, -0.1) is 0 Å². The van der Waals surface area contributed by atoms with Crippen LogP contribution in [-0.2, 0) is 15.8 Å². The van der Waals surface area contributed by atoms with Gasteiger partial charge in [0.1, 0.15) is 5.82 Å². The minimum Gasteiger partial charge on any atom is -0.354 e. The number of piperidine rings is 1. The summed E-state index contributed by atoms with van der Waals surface area (Å²) in [5.74, 6) is 1.65. The molecule has 0 atom stereocenters. The maximum Gasteiger partial charge on any atom is 0.227 e. The molecular weight excluding hydrogens is 422 g/mol. The quantitative estimate of drug-likeness (QED) is 0.698. The Kier molecular flexibility index (Phi) is 6.46. The predicted octanol–water partition coefficient (Wildman–Crippen LogP) is 3.08. The van der Waals surface area contributed by atoms with Gasteiger partial charge >= 0.3 is 0 Å². The molecule has 1 aromatic carbocycles. The molecule has 2 aliphatic rings. The molecule has 0 unspecified atom stereocenters. The summed E-state index contributed by atoms with van der Waals surface area (Å²) in [6, 6.07) is 9.02. The summed E-state index contributed by atoms with van der Waals surface area (Å²) in [5, 5.41) is 0.552. The number of sulfonamides is 1. The first-order valence-corrected chi connectivity index (χ1v) is 12.5. The van der Waals surface area contributed by atoms with E-state index >= 15 is 0 Å². The van der Waals surface area contributed by atoms with Crippen molar-refractivity contribution in [3.8, 4) is 0 Å². The first kappa shape index (κ1) is 21.3. The van der Waals surface area contributed by atoms with E-state index in [1.807, 2.05) is 13.0 Å². The summed E-state index contributed by atoms with van der Waals surface area (Å²) in [6.45, 7) is 6.12. The van der Waals surface area contributed by atoms with Gasteiger partial charge in [-0.1, -0.05) is 23.7 Å². The summed E-state index contributed by atoms with van der Waals surface area (Å²) in [6.07, 6.45) is 3.62. The molecule has 7 nitrogen and oxygen atoms in total. The molecule has 2 aromatic rings. The highest BCUT2D eigenvalue weighted by atomic mass is 35.5. The van der Waals surface area contributed by atoms with Crippen LogP contribution < -0.4 is 9.80 Å². The standard InChI is InChI=1S/C21H28ClN5O2S/c1-17-14-20(24-21(23-17)26-8-3-2-4-9-26)25-10-12-27(13-11-25)30(28,29)16-18-6-5-7-19(22)15-18/h5-7,14-15H,2-4,8-13,16H2,1H3. The van der Waals surface area contributed by atoms with Gasteiger partial charge in [0, 0.05) is 56.1 Å². The Hall–Kier alpha value is -1.90. The molecule has 0 aliphatic carbocycles. The van der Waals surface area contributed by atoms with Crippen LogP contribution in [0.2, 0.25) is 5.02 Å². The number of hydrogen-bond acceptors (Lipinski definition) is 6. The smallest absolute Gasteiger partial charge is 0.227 e. The van der Waals surface area contributed by atoms with Crippen LogP contribution in [0.15, 0.2) is 30.3 Å². The second-order valence-corrected chi connectivity index (χ2v) is 10.4. The molecular formula is C21H28ClN5O2S. The van der Waals surface area contributed by atoms with Crippen molar-refractivity contribution in [3.63, 3.8) is 0 Å². The molecule has 1 aromatic heterocycles. The lowest BCUT2D eigenvalue weighted by molar-refractivity contribution is 0.383. The maximum atomic E-state index is 12.9. The van der Waals surface area contributed by atoms with Crippen LogP contribution in [0.1, 0.15) is 30.5 Å². The van der Waals surface area contributed by atoms with Crippen molar-refractivity contribution in [1.29, 1.82) is 0 Å². The molecule has 2 saturated heterocycles. The zero-order chi connectivity index (χ0) is 21.1. The molecule has 162 valence electrons. The van der Waals surface area contributed by atoms with E-state index in [1.165, 1.54) is 19.3 Å². The summed E-state index contributed by atoms with van der Waals surface area (Å²) in [5.41, 5.74) is 1.65. The Balaban J connectivity index is 1.42. The van der Waals surface area contributed by atoms with Gasteiger partial charge in [-0.25, -0.2) is 13.4 Å². The number of rotatable bonds is 5. The highest BCUT2D eigenvalue weighted by Gasteiger charge is 2.28. The number of piperazine rings is 1. The fourth-order valence-corrected chi connectivity index (χ4v) is 5.77. The summed E-state index contributed by atoms with van der Waals surface area (Å²) in [7, 11) is -3.39. The topological polar surface area (TPSA) is 69.6 Å². The van der Waals surface area contributed by atoms with Crippen molar-refractivity contribution in [3.05, 3.63) is 46.6 Å². The molecule has 2 fully saturated rings. The van der Waals surface area contributed by atoms with Crippen LogP contribution in [0.3, 0.4) is 0 Å². The lowest BCUT2D eigenvalue weighted by atomic mass is 10.1. The third kappa shape index (κ3) is 5.04. The van der Waals surface area contributed by atoms with Gasteiger partial charge in [0.05, 0.1) is 5.75 Å². The predicted molar refractivity (Wildman–Crippen MR) is 121 cm³/mol. The number of nitrogens with zero attached hydrogens (tertiary/aromatic N) is 5. The lowest BCUT2D eigenvalue weighted by Crippen LogP contribution is -2.49. The van der Waals surface area contributed by atoms with Crippen molar-refractivity contribution in [2.24, 2.45) is 0 Å². The SMILES string of the molecule is Cc1cc(N2CCN(S(=O)(=O)Cc3cccc(Cl)c3)CC2)nc(N2CCCCC2)n1. The normalized spacial score (nSPS) is 18.6. The van der Waals surface area contributed by atoms with Crippen molar-refractivity contribution >= 4 is 33.4 Å². The average Bonchev–Trinajstić information content (AvgIpc) is 2.74. The van der Waals surface area contributed by atoms with Gasteiger partial charge in [-0.2, -0.15) is 9.29 Å². The van der Waals surface area contributed by atoms with E-state index < -0.39 is 10.0 Å². The van der Waals surface area contributed by atoms with Gasteiger partial charge in [0.25, 0.3) is 0 Å². The largest absolute Gasteiger partial charge is 0.354 e. The minimum atomic E-state index is -3.39. The molecule has 3 heterocycles. The first-order valence-electron chi connectivity index (χ1n) is 10.5. The third-order valence-electron chi connectivity index (χ3n) is 5.66. The molecule has 0 radical (unpaired) electrons. The molecule has 0 saturated carbocycles. The molecule has 9 heteroatoms. The zero-order valence-corrected chi connectivity index (χ0v) is 18.9. The van der Waals surface area contributed by atoms with Crippen LogP contribution >= 0.6 is 11.6 Å². The van der Waals surface area contributed by atoms with E-state index in [1.54, 1.807) is 28.6 Å². The minimum absolute atomic E-state index is 0.0285. The Bertz CT molecular complexity index is 987. The monoisotopic (exact) mass is 449 g/mol. The fraction of sp³-hybridized carbons (Fsp3) is 0.524. The van der Waals surface area contributed by atoms with Crippen LogP contribution in [0.4, 0.5) is 11.8 Å². The van der Waals surface area contributed by atoms with Crippen LogP contribution in [0.5, 0.6) is 0 Å². The van der Waals surface area contributed by atoms with Crippen LogP contribution in [-0.4, -0.2) is 62.0 Å². The second-order valence-electron chi connectivity index (χ2n) is 7.99. The Morgan fingerprint density at radius 2 is 1.67 bits per heavy atom. The molecule has 0 N–H and O–H groups in total. The number of aromatic nitrogens is 2. The third-order valence-corrected chi connectivity index (χ3v) is 7.75. The average molecular weight is 450 g/mol. The maximum absolute atomic E-state index is 12.9. The lowest BCUT2D eigenvalue weighted by Gasteiger charge is -2.35. The van der Waals surface area contributed by atoms with Gasteiger partial charge in [0.2, 0.25) is 16.0 Å². The second kappa shape index (κ2) is 9.08. The van der Waals surface area contributed by atoms with E-state index in [0.29, 0.717) is 36.8 Å². The van der Waals surface area contributed by atoms with E-state index in [2.05, 4.69) is 14.8 Å². The van der Waals surface area contributed by atoms with Crippen molar-refractivity contribution in [2.45, 2.75) is 31.9 Å². The van der Waals surface area contributed by atoms with E-state index in [9.17, 15) is 8.42 Å². The molecule has 0 spiro atoms. The van der Waals surface area contributed by atoms with Crippen molar-refractivity contribution in [1.82, 2.24) is 14.3 Å². The van der Waals surface area contributed by atoms with Gasteiger partial charge in [0.15, 0.2) is 0 Å². The number of aryl methyl sites for hydroxylation is 1. The first-order chi connectivity index (χ1) is 14.4. The number of hydrogen-bond donors (Lipinski definition) is 0. The summed E-state index contributed by atoms with van der Waals surface area (Å²) >= 11 is 6.00.